The molecule has 0 aliphatic carbocycles. The Kier molecular flexibility index (Phi) is 4.08. The van der Waals surface area contributed by atoms with Crippen molar-refractivity contribution in [2.75, 3.05) is 13.6 Å². The summed E-state index contributed by atoms with van der Waals surface area (Å²) in [5.41, 5.74) is 0.264. The molecule has 27 heavy (non-hydrogen) atoms. The van der Waals surface area contributed by atoms with Gasteiger partial charge in [-0.3, -0.25) is 0 Å². The fraction of sp³-hybridized carbons (Fsp3) is 0.158. The van der Waals surface area contributed by atoms with E-state index in [9.17, 15) is 19.8 Å². The summed E-state index contributed by atoms with van der Waals surface area (Å²) >= 11 is 0. The topological polar surface area (TPSA) is 112 Å². The number of hydrogen-bond donors (Lipinski definition) is 2. The molecule has 0 saturated heterocycles. The summed E-state index contributed by atoms with van der Waals surface area (Å²) in [7, 11) is 0. The quantitative estimate of drug-likeness (QED) is 0.771. The normalized spacial score (nSPS) is 14.7. The number of benzene rings is 2. The van der Waals surface area contributed by atoms with Crippen LogP contribution in [-0.4, -0.2) is 35.7 Å². The van der Waals surface area contributed by atoms with Gasteiger partial charge in [0.2, 0.25) is 13.6 Å². The number of carbonyl (C=O) groups is 2. The number of carboxylic acids is 2. The third-order valence-corrected chi connectivity index (χ3v) is 4.25. The van der Waals surface area contributed by atoms with Crippen LogP contribution in [-0.2, 0) is 16.0 Å². The van der Waals surface area contributed by atoms with E-state index >= 15 is 0 Å². The van der Waals surface area contributed by atoms with Gasteiger partial charge in [-0.05, 0) is 35.4 Å². The number of rotatable bonds is 5. The summed E-state index contributed by atoms with van der Waals surface area (Å²) in [4.78, 5) is 23.7. The van der Waals surface area contributed by atoms with Gasteiger partial charge in [0.05, 0.1) is 11.1 Å². The first-order valence-corrected chi connectivity index (χ1v) is 8.01. The SMILES string of the molecule is O=C(O)/C(Cc1ccc2c(c1)OCO2)=C(\C(=O)O)c1ccc2c(c1)OCO2. The molecular weight excluding hydrogens is 356 g/mol. The van der Waals surface area contributed by atoms with Crippen LogP contribution in [0, 0.1) is 0 Å². The fourth-order valence-corrected chi connectivity index (χ4v) is 3.00. The summed E-state index contributed by atoms with van der Waals surface area (Å²) in [6.07, 6.45) is -0.0952. The van der Waals surface area contributed by atoms with Gasteiger partial charge in [-0.1, -0.05) is 12.1 Å². The largest absolute Gasteiger partial charge is 0.478 e. The van der Waals surface area contributed by atoms with Gasteiger partial charge in [0.1, 0.15) is 0 Å². The molecule has 2 N–H and O–H groups in total. The van der Waals surface area contributed by atoms with Gasteiger partial charge in [0.15, 0.2) is 23.0 Å². The van der Waals surface area contributed by atoms with Gasteiger partial charge >= 0.3 is 11.9 Å². The Bertz CT molecular complexity index is 976. The van der Waals surface area contributed by atoms with Crippen LogP contribution in [0.1, 0.15) is 11.1 Å². The molecule has 0 saturated carbocycles. The highest BCUT2D eigenvalue weighted by Crippen LogP contribution is 2.37. The summed E-state index contributed by atoms with van der Waals surface area (Å²) in [5, 5.41) is 19.4. The minimum Gasteiger partial charge on any atom is -0.478 e. The third kappa shape index (κ3) is 3.12. The lowest BCUT2D eigenvalue weighted by molar-refractivity contribution is -0.134. The van der Waals surface area contributed by atoms with Gasteiger partial charge < -0.3 is 29.2 Å². The van der Waals surface area contributed by atoms with Crippen molar-refractivity contribution in [3.05, 3.63) is 53.1 Å². The summed E-state index contributed by atoms with van der Waals surface area (Å²) < 4.78 is 21.0. The van der Waals surface area contributed by atoms with E-state index in [1.54, 1.807) is 24.3 Å². The zero-order chi connectivity index (χ0) is 19.0. The maximum atomic E-state index is 11.9. The van der Waals surface area contributed by atoms with E-state index in [1.807, 2.05) is 0 Å². The lowest BCUT2D eigenvalue weighted by Gasteiger charge is -2.11. The smallest absolute Gasteiger partial charge is 0.336 e. The molecule has 138 valence electrons. The van der Waals surface area contributed by atoms with Gasteiger partial charge in [-0.25, -0.2) is 9.59 Å². The van der Waals surface area contributed by atoms with Gasteiger partial charge in [0, 0.05) is 6.42 Å². The Morgan fingerprint density at radius 3 is 2.00 bits per heavy atom. The molecule has 2 aromatic carbocycles. The van der Waals surface area contributed by atoms with E-state index in [4.69, 9.17) is 18.9 Å². The zero-order valence-corrected chi connectivity index (χ0v) is 13.9. The number of aliphatic carboxylic acids is 2. The van der Waals surface area contributed by atoms with Crippen LogP contribution >= 0.6 is 0 Å². The Morgan fingerprint density at radius 1 is 0.778 bits per heavy atom. The lowest BCUT2D eigenvalue weighted by Crippen LogP contribution is -2.13. The van der Waals surface area contributed by atoms with Gasteiger partial charge in [-0.2, -0.15) is 0 Å². The van der Waals surface area contributed by atoms with Crippen LogP contribution in [0.2, 0.25) is 0 Å². The summed E-state index contributed by atoms with van der Waals surface area (Å²) in [6, 6.07) is 9.51. The molecule has 0 fully saturated rings. The molecule has 2 heterocycles. The molecule has 0 radical (unpaired) electrons. The Morgan fingerprint density at radius 2 is 1.37 bits per heavy atom. The summed E-state index contributed by atoms with van der Waals surface area (Å²) in [6.45, 7) is 0.131. The van der Waals surface area contributed by atoms with Crippen molar-refractivity contribution < 1.29 is 38.7 Å². The lowest BCUT2D eigenvalue weighted by atomic mass is 9.94. The molecule has 2 aliphatic rings. The highest BCUT2D eigenvalue weighted by atomic mass is 16.7. The predicted octanol–water partition coefficient (Wildman–Crippen LogP) is 2.31. The number of hydrogen-bond acceptors (Lipinski definition) is 6. The predicted molar refractivity (Wildman–Crippen MR) is 91.0 cm³/mol. The minimum atomic E-state index is -1.34. The first-order valence-electron chi connectivity index (χ1n) is 8.01. The molecular formula is C19H14O8. The van der Waals surface area contributed by atoms with Crippen molar-refractivity contribution in [1.82, 2.24) is 0 Å². The van der Waals surface area contributed by atoms with E-state index in [-0.39, 0.29) is 36.7 Å². The molecule has 0 bridgehead atoms. The number of carboxylic acid groups (broad SMARTS) is 2. The second-order valence-electron chi connectivity index (χ2n) is 5.90. The average molecular weight is 370 g/mol. The van der Waals surface area contributed by atoms with Crippen molar-refractivity contribution in [1.29, 1.82) is 0 Å². The Labute approximate surface area is 153 Å². The third-order valence-electron chi connectivity index (χ3n) is 4.25. The van der Waals surface area contributed by atoms with Gasteiger partial charge in [0.25, 0.3) is 0 Å². The monoisotopic (exact) mass is 370 g/mol. The number of ether oxygens (including phenoxy) is 4. The van der Waals surface area contributed by atoms with E-state index in [2.05, 4.69) is 0 Å². The standard InChI is InChI=1S/C19H14O8/c20-18(21)12(5-10-1-3-13-15(6-10)26-8-24-13)17(19(22)23)11-2-4-14-16(7-11)27-9-25-14/h1-4,6-7H,5,8-9H2,(H,20,21)(H,22,23)/b17-12-. The van der Waals surface area contributed by atoms with Crippen LogP contribution in [0.15, 0.2) is 42.0 Å². The first kappa shape index (κ1) is 16.8. The van der Waals surface area contributed by atoms with E-state index < -0.39 is 11.9 Å². The van der Waals surface area contributed by atoms with E-state index in [1.165, 1.54) is 12.1 Å². The fourth-order valence-electron chi connectivity index (χ4n) is 3.00. The molecule has 4 rings (SSSR count). The number of fused-ring (bicyclic) bond motifs is 2. The highest BCUT2D eigenvalue weighted by Gasteiger charge is 2.25. The van der Waals surface area contributed by atoms with Crippen molar-refractivity contribution in [3.8, 4) is 23.0 Å². The van der Waals surface area contributed by atoms with Crippen molar-refractivity contribution in [3.63, 3.8) is 0 Å². The van der Waals surface area contributed by atoms with E-state index in [0.29, 0.717) is 28.6 Å². The maximum Gasteiger partial charge on any atom is 0.336 e. The molecule has 0 atom stereocenters. The zero-order valence-electron chi connectivity index (χ0n) is 13.9. The van der Waals surface area contributed by atoms with E-state index in [0.717, 1.165) is 0 Å². The molecule has 0 aromatic heterocycles. The van der Waals surface area contributed by atoms with Crippen LogP contribution in [0.5, 0.6) is 23.0 Å². The molecule has 0 unspecified atom stereocenters. The van der Waals surface area contributed by atoms with Crippen molar-refractivity contribution >= 4 is 17.5 Å². The van der Waals surface area contributed by atoms with Crippen LogP contribution < -0.4 is 18.9 Å². The first-order chi connectivity index (χ1) is 13.0. The van der Waals surface area contributed by atoms with Crippen LogP contribution in [0.4, 0.5) is 0 Å². The van der Waals surface area contributed by atoms with Crippen LogP contribution in [0.25, 0.3) is 5.57 Å². The molecule has 0 spiro atoms. The molecule has 2 aromatic rings. The minimum absolute atomic E-state index is 0.0356. The van der Waals surface area contributed by atoms with Crippen LogP contribution in [0.3, 0.4) is 0 Å². The Hall–Kier alpha value is -3.68. The second kappa shape index (κ2) is 6.56. The van der Waals surface area contributed by atoms with Crippen molar-refractivity contribution in [2.24, 2.45) is 0 Å². The summed E-state index contributed by atoms with van der Waals surface area (Å²) in [5.74, 6) is -0.740. The Balaban J connectivity index is 1.77. The highest BCUT2D eigenvalue weighted by molar-refractivity contribution is 6.22. The average Bonchev–Trinajstić information content (AvgIpc) is 3.28. The molecule has 0 amide bonds. The molecule has 8 heteroatoms. The molecule has 8 nitrogen and oxygen atoms in total. The molecule has 2 aliphatic heterocycles. The second-order valence-corrected chi connectivity index (χ2v) is 5.90. The maximum absolute atomic E-state index is 11.9. The van der Waals surface area contributed by atoms with Crippen molar-refractivity contribution in [2.45, 2.75) is 6.42 Å². The van der Waals surface area contributed by atoms with Gasteiger partial charge in [-0.15, -0.1) is 0 Å².